The van der Waals surface area contributed by atoms with Crippen LogP contribution >= 0.6 is 0 Å². The highest BCUT2D eigenvalue weighted by Gasteiger charge is 2.13. The molecular weight excluding hydrogens is 351 g/mol. The third kappa shape index (κ3) is 8.83. The molecule has 3 N–H and O–H groups in total. The lowest BCUT2D eigenvalue weighted by atomic mass is 10.0. The lowest BCUT2D eigenvalue weighted by Gasteiger charge is -2.21. The third-order valence-corrected chi connectivity index (χ3v) is 4.22. The number of ether oxygens (including phenoxy) is 2. The van der Waals surface area contributed by atoms with Crippen molar-refractivity contribution in [3.63, 3.8) is 0 Å². The largest absolute Gasteiger partial charge is 0.381 e. The molecule has 1 amide bonds. The average molecular weight is 380 g/mol. The molecule has 8 heteroatoms. The van der Waals surface area contributed by atoms with Crippen molar-refractivity contribution in [2.45, 2.75) is 19.3 Å². The van der Waals surface area contributed by atoms with Crippen LogP contribution in [-0.4, -0.2) is 58.4 Å². The van der Waals surface area contributed by atoms with E-state index in [1.807, 2.05) is 0 Å². The van der Waals surface area contributed by atoms with Gasteiger partial charge in [-0.2, -0.15) is 0 Å². The van der Waals surface area contributed by atoms with E-state index >= 15 is 0 Å². The minimum Gasteiger partial charge on any atom is -0.381 e. The van der Waals surface area contributed by atoms with E-state index in [1.54, 1.807) is 7.05 Å². The van der Waals surface area contributed by atoms with E-state index in [2.05, 4.69) is 20.9 Å². The molecule has 27 heavy (non-hydrogen) atoms. The maximum absolute atomic E-state index is 12.9. The molecule has 1 aliphatic heterocycles. The summed E-state index contributed by atoms with van der Waals surface area (Å²) in [5.74, 6) is 0.589. The van der Waals surface area contributed by atoms with Gasteiger partial charge in [-0.3, -0.25) is 9.79 Å². The van der Waals surface area contributed by atoms with Gasteiger partial charge in [0.2, 0.25) is 5.91 Å². The van der Waals surface area contributed by atoms with E-state index in [-0.39, 0.29) is 18.3 Å². The zero-order valence-corrected chi connectivity index (χ0v) is 15.8. The van der Waals surface area contributed by atoms with E-state index < -0.39 is 0 Å². The molecule has 1 heterocycles. The molecular formula is C19H29FN4O3. The quantitative estimate of drug-likeness (QED) is 0.345. The highest BCUT2D eigenvalue weighted by Crippen LogP contribution is 2.14. The van der Waals surface area contributed by atoms with Gasteiger partial charge >= 0.3 is 0 Å². The van der Waals surface area contributed by atoms with Gasteiger partial charge in [-0.1, -0.05) is 0 Å². The molecule has 0 aromatic heterocycles. The minimum absolute atomic E-state index is 0.0668. The monoisotopic (exact) mass is 380 g/mol. The number of nitrogens with one attached hydrogen (secondary N) is 3. The Morgan fingerprint density at radius 2 is 2.00 bits per heavy atom. The lowest BCUT2D eigenvalue weighted by molar-refractivity contribution is -0.115. The van der Waals surface area contributed by atoms with Crippen LogP contribution in [-0.2, 0) is 14.3 Å². The number of guanidine groups is 1. The topological polar surface area (TPSA) is 84.0 Å². The van der Waals surface area contributed by atoms with Crippen LogP contribution in [0.5, 0.6) is 0 Å². The van der Waals surface area contributed by atoms with E-state index in [0.717, 1.165) is 39.1 Å². The SMILES string of the molecule is CN=C(NCCCOCC1CCOCC1)NCC(=O)Nc1ccc(F)cc1. The van der Waals surface area contributed by atoms with Crippen molar-refractivity contribution >= 4 is 17.6 Å². The molecule has 0 spiro atoms. The van der Waals surface area contributed by atoms with Gasteiger partial charge in [-0.05, 0) is 49.4 Å². The van der Waals surface area contributed by atoms with Crippen molar-refractivity contribution in [2.24, 2.45) is 10.9 Å². The van der Waals surface area contributed by atoms with Crippen molar-refractivity contribution in [1.29, 1.82) is 0 Å². The lowest BCUT2D eigenvalue weighted by Crippen LogP contribution is -2.41. The molecule has 0 radical (unpaired) electrons. The van der Waals surface area contributed by atoms with Crippen LogP contribution in [0.1, 0.15) is 19.3 Å². The molecule has 0 saturated carbocycles. The molecule has 1 aromatic rings. The number of rotatable bonds is 9. The first-order valence-corrected chi connectivity index (χ1v) is 9.33. The van der Waals surface area contributed by atoms with Crippen molar-refractivity contribution in [3.8, 4) is 0 Å². The summed E-state index contributed by atoms with van der Waals surface area (Å²) in [6, 6.07) is 5.63. The molecule has 0 unspecified atom stereocenters. The van der Waals surface area contributed by atoms with Crippen molar-refractivity contribution in [2.75, 3.05) is 51.9 Å². The molecule has 0 bridgehead atoms. The summed E-state index contributed by atoms with van der Waals surface area (Å²) in [7, 11) is 1.65. The summed E-state index contributed by atoms with van der Waals surface area (Å²) in [6.45, 7) is 3.93. The molecule has 0 aliphatic carbocycles. The van der Waals surface area contributed by atoms with Gasteiger partial charge in [-0.25, -0.2) is 4.39 Å². The summed E-state index contributed by atoms with van der Waals surface area (Å²) in [5.41, 5.74) is 0.549. The van der Waals surface area contributed by atoms with Crippen LogP contribution in [0, 0.1) is 11.7 Å². The van der Waals surface area contributed by atoms with Gasteiger partial charge < -0.3 is 25.4 Å². The van der Waals surface area contributed by atoms with Gasteiger partial charge in [0.05, 0.1) is 6.54 Å². The first-order valence-electron chi connectivity index (χ1n) is 9.33. The van der Waals surface area contributed by atoms with Gasteiger partial charge in [0.1, 0.15) is 5.82 Å². The zero-order chi connectivity index (χ0) is 19.3. The fraction of sp³-hybridized carbons (Fsp3) is 0.579. The normalized spacial score (nSPS) is 15.4. The molecule has 0 atom stereocenters. The molecule has 150 valence electrons. The average Bonchev–Trinajstić information content (AvgIpc) is 2.69. The maximum Gasteiger partial charge on any atom is 0.243 e. The van der Waals surface area contributed by atoms with Gasteiger partial charge in [0, 0.05) is 45.7 Å². The maximum atomic E-state index is 12.9. The molecule has 1 aromatic carbocycles. The number of hydrogen-bond donors (Lipinski definition) is 3. The number of hydrogen-bond acceptors (Lipinski definition) is 4. The number of amides is 1. The Labute approximate surface area is 159 Å². The minimum atomic E-state index is -0.340. The van der Waals surface area contributed by atoms with Crippen molar-refractivity contribution in [1.82, 2.24) is 10.6 Å². The van der Waals surface area contributed by atoms with Crippen molar-refractivity contribution in [3.05, 3.63) is 30.1 Å². The highest BCUT2D eigenvalue weighted by atomic mass is 19.1. The Hall–Kier alpha value is -2.19. The number of aliphatic imine (C=N–C) groups is 1. The smallest absolute Gasteiger partial charge is 0.243 e. The van der Waals surface area contributed by atoms with Crippen molar-refractivity contribution < 1.29 is 18.7 Å². The number of benzene rings is 1. The Kier molecular flexibility index (Phi) is 9.57. The van der Waals surface area contributed by atoms with Crippen LogP contribution in [0.25, 0.3) is 0 Å². The van der Waals surface area contributed by atoms with Crippen LogP contribution in [0.4, 0.5) is 10.1 Å². The number of nitrogens with zero attached hydrogens (tertiary/aromatic N) is 1. The number of anilines is 1. The van der Waals surface area contributed by atoms with E-state index in [1.165, 1.54) is 24.3 Å². The summed E-state index contributed by atoms with van der Waals surface area (Å²) < 4.78 is 23.9. The predicted octanol–water partition coefficient (Wildman–Crippen LogP) is 1.76. The van der Waals surface area contributed by atoms with E-state index in [9.17, 15) is 9.18 Å². The van der Waals surface area contributed by atoms with Gasteiger partial charge in [0.25, 0.3) is 0 Å². The van der Waals surface area contributed by atoms with Crippen LogP contribution in [0.2, 0.25) is 0 Å². The first-order chi connectivity index (χ1) is 13.2. The fourth-order valence-electron chi connectivity index (χ4n) is 2.67. The molecule has 2 rings (SSSR count). The second-order valence-electron chi connectivity index (χ2n) is 6.39. The van der Waals surface area contributed by atoms with E-state index in [4.69, 9.17) is 9.47 Å². The predicted molar refractivity (Wildman–Crippen MR) is 103 cm³/mol. The van der Waals surface area contributed by atoms with Crippen LogP contribution in [0.3, 0.4) is 0 Å². The Balaban J connectivity index is 1.53. The zero-order valence-electron chi connectivity index (χ0n) is 15.8. The summed E-state index contributed by atoms with van der Waals surface area (Å²) in [6.07, 6.45) is 3.01. The van der Waals surface area contributed by atoms with E-state index in [0.29, 0.717) is 30.7 Å². The second kappa shape index (κ2) is 12.2. The standard InChI is InChI=1S/C19H29FN4O3/c1-21-19(22-9-2-10-27-14-15-7-11-26-12-8-15)23-13-18(25)24-17-5-3-16(20)4-6-17/h3-6,15H,2,7-14H2,1H3,(H,24,25)(H2,21,22,23). The third-order valence-electron chi connectivity index (χ3n) is 4.22. The van der Waals surface area contributed by atoms with Gasteiger partial charge in [0.15, 0.2) is 5.96 Å². The van der Waals surface area contributed by atoms with Crippen LogP contribution < -0.4 is 16.0 Å². The number of halogens is 1. The number of carbonyl (C=O) groups is 1. The molecule has 1 fully saturated rings. The second-order valence-corrected chi connectivity index (χ2v) is 6.39. The molecule has 7 nitrogen and oxygen atoms in total. The Bertz CT molecular complexity index is 589. The summed E-state index contributed by atoms with van der Waals surface area (Å²) in [5, 5.41) is 8.77. The highest BCUT2D eigenvalue weighted by molar-refractivity contribution is 5.94. The Morgan fingerprint density at radius 3 is 2.70 bits per heavy atom. The summed E-state index contributed by atoms with van der Waals surface area (Å²) in [4.78, 5) is 16.0. The molecule has 1 saturated heterocycles. The Morgan fingerprint density at radius 1 is 1.26 bits per heavy atom. The van der Waals surface area contributed by atoms with Gasteiger partial charge in [-0.15, -0.1) is 0 Å². The first kappa shape index (κ1) is 21.1. The van der Waals surface area contributed by atoms with Crippen LogP contribution in [0.15, 0.2) is 29.3 Å². The fourth-order valence-corrected chi connectivity index (χ4v) is 2.67. The molecule has 1 aliphatic rings. The number of carbonyl (C=O) groups excluding carboxylic acids is 1. The summed E-state index contributed by atoms with van der Waals surface area (Å²) >= 11 is 0.